The molecule has 2 rings (SSSR count). The van der Waals surface area contributed by atoms with Crippen LogP contribution in [0.4, 0.5) is 8.78 Å². The predicted octanol–water partition coefficient (Wildman–Crippen LogP) is 2.68. The number of aromatic nitrogens is 5. The fourth-order valence-electron chi connectivity index (χ4n) is 2.69. The summed E-state index contributed by atoms with van der Waals surface area (Å²) in [5.74, 6) is 0.605. The van der Waals surface area contributed by atoms with Gasteiger partial charge in [-0.05, 0) is 27.7 Å². The van der Waals surface area contributed by atoms with Crippen molar-refractivity contribution >= 4 is 0 Å². The van der Waals surface area contributed by atoms with Crippen LogP contribution in [-0.4, -0.2) is 19.5 Å². The monoisotopic (exact) mass is 296 g/mol. The van der Waals surface area contributed by atoms with Crippen LogP contribution in [0.3, 0.4) is 0 Å². The highest BCUT2D eigenvalue weighted by molar-refractivity contribution is 5.41. The van der Waals surface area contributed by atoms with Crippen LogP contribution in [0.2, 0.25) is 0 Å². The summed E-state index contributed by atoms with van der Waals surface area (Å²) >= 11 is 0. The Morgan fingerprint density at radius 3 is 1.90 bits per heavy atom. The molecule has 0 unspecified atom stereocenters. The summed E-state index contributed by atoms with van der Waals surface area (Å²) < 4.78 is 30.7. The van der Waals surface area contributed by atoms with E-state index in [4.69, 9.17) is 0 Å². The third kappa shape index (κ3) is 2.64. The molecule has 0 N–H and O–H groups in total. The second-order valence-corrected chi connectivity index (χ2v) is 5.62. The van der Waals surface area contributed by atoms with Crippen molar-refractivity contribution in [1.82, 2.24) is 19.5 Å². The van der Waals surface area contributed by atoms with E-state index in [2.05, 4.69) is 15.0 Å². The average Bonchev–Trinajstić information content (AvgIpc) is 2.61. The number of nitrogens with zero attached hydrogens (tertiary/aromatic N) is 5. The van der Waals surface area contributed by atoms with E-state index in [0.717, 1.165) is 11.4 Å². The van der Waals surface area contributed by atoms with Crippen LogP contribution < -0.4 is 4.57 Å². The van der Waals surface area contributed by atoms with E-state index in [0.29, 0.717) is 5.82 Å². The molecule has 114 valence electrons. The molecule has 0 saturated heterocycles. The van der Waals surface area contributed by atoms with Crippen LogP contribution in [0.5, 0.6) is 0 Å². The van der Waals surface area contributed by atoms with Gasteiger partial charge in [0, 0.05) is 13.8 Å². The Morgan fingerprint density at radius 2 is 1.48 bits per heavy atom. The van der Waals surface area contributed by atoms with E-state index in [1.165, 1.54) is 0 Å². The summed E-state index contributed by atoms with van der Waals surface area (Å²) in [4.78, 5) is 10.3. The molecule has 5 nitrogen and oxygen atoms in total. The molecular weight excluding hydrogens is 276 g/mol. The largest absolute Gasteiger partial charge is 0.328 e. The molecule has 2 heterocycles. The molecule has 0 atom stereocenters. The zero-order valence-corrected chi connectivity index (χ0v) is 13.1. The van der Waals surface area contributed by atoms with Crippen molar-refractivity contribution in [3.05, 3.63) is 23.5 Å². The maximum Gasteiger partial charge on any atom is 0.328 e. The summed E-state index contributed by atoms with van der Waals surface area (Å²) in [6.45, 7) is 12.0. The van der Waals surface area contributed by atoms with Crippen molar-refractivity contribution in [2.75, 3.05) is 0 Å². The molecule has 2 aromatic rings. The lowest BCUT2D eigenvalue weighted by Crippen LogP contribution is -2.40. The summed E-state index contributed by atoms with van der Waals surface area (Å²) in [7, 11) is 0. The summed E-state index contributed by atoms with van der Waals surface area (Å²) in [5.41, 5.74) is 2.05. The smallest absolute Gasteiger partial charge is 0.222 e. The molecule has 2 aromatic heterocycles. The lowest BCUT2D eigenvalue weighted by molar-refractivity contribution is -0.711. The second-order valence-electron chi connectivity index (χ2n) is 5.62. The molecule has 7 heteroatoms. The van der Waals surface area contributed by atoms with Crippen molar-refractivity contribution < 1.29 is 13.3 Å². The van der Waals surface area contributed by atoms with Gasteiger partial charge in [-0.15, -0.1) is 0 Å². The van der Waals surface area contributed by atoms with Crippen molar-refractivity contribution in [2.45, 2.75) is 53.6 Å². The average molecular weight is 296 g/mol. The van der Waals surface area contributed by atoms with Gasteiger partial charge < -0.3 is 0 Å². The molecule has 0 radical (unpaired) electrons. The van der Waals surface area contributed by atoms with Crippen LogP contribution in [0, 0.1) is 26.0 Å². The molecule has 0 aromatic carbocycles. The van der Waals surface area contributed by atoms with Crippen LogP contribution in [-0.2, 0) is 0 Å². The Balaban J connectivity index is 2.85. The number of imidazole rings is 1. The molecule has 0 spiro atoms. The first-order valence-corrected chi connectivity index (χ1v) is 6.94. The van der Waals surface area contributed by atoms with Crippen molar-refractivity contribution in [2.24, 2.45) is 0 Å². The summed E-state index contributed by atoms with van der Waals surface area (Å²) in [5, 5.41) is 0. The number of halogens is 2. The van der Waals surface area contributed by atoms with Crippen LogP contribution in [0.25, 0.3) is 11.6 Å². The van der Waals surface area contributed by atoms with Gasteiger partial charge in [-0.1, -0.05) is 0 Å². The Bertz CT molecular complexity index is 625. The summed E-state index contributed by atoms with van der Waals surface area (Å²) in [6, 6.07) is 0.225. The molecule has 21 heavy (non-hydrogen) atoms. The third-order valence-corrected chi connectivity index (χ3v) is 3.52. The van der Waals surface area contributed by atoms with Gasteiger partial charge in [0.1, 0.15) is 11.4 Å². The van der Waals surface area contributed by atoms with E-state index in [1.54, 1.807) is 0 Å². The molecule has 0 aliphatic rings. The highest BCUT2D eigenvalue weighted by Gasteiger charge is 2.32. The highest BCUT2D eigenvalue weighted by Crippen LogP contribution is 2.23. The van der Waals surface area contributed by atoms with Gasteiger partial charge in [-0.2, -0.15) is 23.7 Å². The maximum atomic E-state index is 13.4. The minimum Gasteiger partial charge on any atom is -0.222 e. The number of rotatable bonds is 3. The minimum absolute atomic E-state index is 0.0126. The van der Waals surface area contributed by atoms with Gasteiger partial charge in [-0.3, -0.25) is 0 Å². The lowest BCUT2D eigenvalue weighted by atomic mass is 10.3. The minimum atomic E-state index is -1.11. The van der Waals surface area contributed by atoms with E-state index in [-0.39, 0.29) is 17.9 Å². The highest BCUT2D eigenvalue weighted by atomic mass is 19.1. The Hall–Kier alpha value is -1.92. The zero-order chi connectivity index (χ0) is 15.9. The third-order valence-electron chi connectivity index (χ3n) is 3.52. The van der Waals surface area contributed by atoms with Gasteiger partial charge in [0.25, 0.3) is 5.82 Å². The number of hydrogen-bond donors (Lipinski definition) is 0. The van der Waals surface area contributed by atoms with Gasteiger partial charge in [0.2, 0.25) is 0 Å². The van der Waals surface area contributed by atoms with Crippen molar-refractivity contribution in [3.8, 4) is 11.6 Å². The SMILES string of the molecule is Cc1c(C)[n+](C(C)C)c(-c2nc(F)nc(F)n2)n1C(C)C. The Morgan fingerprint density at radius 1 is 0.952 bits per heavy atom. The van der Waals surface area contributed by atoms with Gasteiger partial charge in [0.05, 0.1) is 12.1 Å². The van der Waals surface area contributed by atoms with Crippen LogP contribution in [0.15, 0.2) is 0 Å². The molecular formula is C14H20F2N5+. The van der Waals surface area contributed by atoms with Gasteiger partial charge in [0.15, 0.2) is 0 Å². The molecule has 0 saturated carbocycles. The van der Waals surface area contributed by atoms with E-state index < -0.39 is 12.2 Å². The molecule has 0 fully saturated rings. The molecule has 0 aliphatic carbocycles. The van der Waals surface area contributed by atoms with E-state index in [1.807, 2.05) is 50.7 Å². The van der Waals surface area contributed by atoms with E-state index >= 15 is 0 Å². The summed E-state index contributed by atoms with van der Waals surface area (Å²) in [6.07, 6.45) is -2.22. The standard InChI is InChI=1S/C14H20F2N5/c1-7(2)20-9(5)10(6)21(8(3)4)12(20)11-17-13(15)19-14(16)18-11/h7-8H,1-6H3/q+1. The first-order valence-electron chi connectivity index (χ1n) is 6.94. The number of hydrogen-bond acceptors (Lipinski definition) is 3. The van der Waals surface area contributed by atoms with Crippen LogP contribution in [0.1, 0.15) is 51.2 Å². The van der Waals surface area contributed by atoms with E-state index in [9.17, 15) is 8.78 Å². The molecule has 0 amide bonds. The first kappa shape index (κ1) is 15.5. The first-order chi connectivity index (χ1) is 9.73. The van der Waals surface area contributed by atoms with Crippen molar-refractivity contribution in [1.29, 1.82) is 0 Å². The maximum absolute atomic E-state index is 13.4. The zero-order valence-electron chi connectivity index (χ0n) is 13.1. The van der Waals surface area contributed by atoms with Crippen LogP contribution >= 0.6 is 0 Å². The van der Waals surface area contributed by atoms with Crippen molar-refractivity contribution in [3.63, 3.8) is 0 Å². The normalized spacial score (nSPS) is 11.7. The Kier molecular flexibility index (Phi) is 4.02. The van der Waals surface area contributed by atoms with Gasteiger partial charge in [-0.25, -0.2) is 9.13 Å². The van der Waals surface area contributed by atoms with Gasteiger partial charge >= 0.3 is 18.0 Å². The lowest BCUT2D eigenvalue weighted by Gasteiger charge is -2.09. The fourth-order valence-corrected chi connectivity index (χ4v) is 2.69. The quantitative estimate of drug-likeness (QED) is 0.818. The fraction of sp³-hybridized carbons (Fsp3) is 0.571. The Labute approximate surface area is 122 Å². The second kappa shape index (κ2) is 5.46. The predicted molar refractivity (Wildman–Crippen MR) is 73.6 cm³/mol. The molecule has 0 bridgehead atoms. The molecule has 0 aliphatic heterocycles. The topological polar surface area (TPSA) is 47.5 Å².